The molecule has 0 fully saturated rings. The van der Waals surface area contributed by atoms with Crippen molar-refractivity contribution >= 4 is 46.3 Å². The van der Waals surface area contributed by atoms with Crippen LogP contribution in [0.5, 0.6) is 5.75 Å². The Hall–Kier alpha value is -2.28. The summed E-state index contributed by atoms with van der Waals surface area (Å²) >= 11 is 13.6. The van der Waals surface area contributed by atoms with Crippen LogP contribution in [0.25, 0.3) is 0 Å². The Kier molecular flexibility index (Phi) is 6.55. The smallest absolute Gasteiger partial charge is 0.319 e. The number of thiazole rings is 1. The highest BCUT2D eigenvalue weighted by molar-refractivity contribution is 7.07. The van der Waals surface area contributed by atoms with Gasteiger partial charge < -0.3 is 15.4 Å². The van der Waals surface area contributed by atoms with E-state index in [4.69, 9.17) is 27.9 Å². The topological polar surface area (TPSA) is 63.2 Å². The first-order valence-corrected chi connectivity index (χ1v) is 9.83. The molecule has 2 amide bonds. The summed E-state index contributed by atoms with van der Waals surface area (Å²) in [6, 6.07) is 11.7. The molecule has 140 valence electrons. The minimum Gasteiger partial charge on any atom is -0.487 e. The first-order chi connectivity index (χ1) is 13.0. The van der Waals surface area contributed by atoms with Gasteiger partial charge in [-0.05, 0) is 36.8 Å². The Morgan fingerprint density at radius 2 is 2.11 bits per heavy atom. The van der Waals surface area contributed by atoms with E-state index in [2.05, 4.69) is 15.6 Å². The molecule has 0 radical (unpaired) electrons. The third-order valence-corrected chi connectivity index (χ3v) is 4.94. The number of amides is 2. The van der Waals surface area contributed by atoms with Crippen LogP contribution in [0.15, 0.2) is 53.4 Å². The minimum absolute atomic E-state index is 0.279. The fraction of sp³-hybridized carbons (Fsp3) is 0.158. The van der Waals surface area contributed by atoms with Crippen LogP contribution in [0.4, 0.5) is 10.5 Å². The fourth-order valence-corrected chi connectivity index (χ4v) is 3.54. The van der Waals surface area contributed by atoms with E-state index in [0.717, 1.165) is 11.3 Å². The van der Waals surface area contributed by atoms with Gasteiger partial charge in [-0.25, -0.2) is 9.78 Å². The van der Waals surface area contributed by atoms with Crippen LogP contribution in [0, 0.1) is 0 Å². The van der Waals surface area contributed by atoms with E-state index in [1.807, 2.05) is 24.4 Å². The predicted octanol–water partition coefficient (Wildman–Crippen LogP) is 5.91. The number of aromatic nitrogens is 1. The Labute approximate surface area is 171 Å². The average Bonchev–Trinajstić information content (AvgIpc) is 3.13. The zero-order valence-corrected chi connectivity index (χ0v) is 16.7. The van der Waals surface area contributed by atoms with Crippen molar-refractivity contribution in [3.05, 3.63) is 74.7 Å². The van der Waals surface area contributed by atoms with E-state index in [1.165, 1.54) is 11.3 Å². The predicted molar refractivity (Wildman–Crippen MR) is 110 cm³/mol. The van der Waals surface area contributed by atoms with Crippen molar-refractivity contribution in [1.82, 2.24) is 10.3 Å². The van der Waals surface area contributed by atoms with Crippen LogP contribution in [-0.2, 0) is 6.61 Å². The van der Waals surface area contributed by atoms with Gasteiger partial charge in [-0.1, -0.05) is 35.3 Å². The van der Waals surface area contributed by atoms with Crippen LogP contribution in [0.1, 0.15) is 24.2 Å². The summed E-state index contributed by atoms with van der Waals surface area (Å²) in [6.45, 7) is 2.23. The molecule has 8 heteroatoms. The third kappa shape index (κ3) is 5.60. The largest absolute Gasteiger partial charge is 0.487 e. The SMILES string of the molecule is CC(NC(=O)Nc1cccc(OCc2cscn2)c1)c1ccc(Cl)cc1Cl. The Morgan fingerprint density at radius 3 is 2.85 bits per heavy atom. The third-order valence-electron chi connectivity index (χ3n) is 3.74. The molecule has 0 aliphatic carbocycles. The number of anilines is 1. The lowest BCUT2D eigenvalue weighted by Gasteiger charge is -2.17. The number of nitrogens with zero attached hydrogens (tertiary/aromatic N) is 1. The van der Waals surface area contributed by atoms with Gasteiger partial charge in [-0.2, -0.15) is 0 Å². The number of rotatable bonds is 6. The fourth-order valence-electron chi connectivity index (χ4n) is 2.42. The number of nitrogens with one attached hydrogen (secondary N) is 2. The molecule has 1 atom stereocenters. The highest BCUT2D eigenvalue weighted by Crippen LogP contribution is 2.26. The maximum Gasteiger partial charge on any atom is 0.319 e. The van der Waals surface area contributed by atoms with Gasteiger partial charge in [0, 0.05) is 27.2 Å². The highest BCUT2D eigenvalue weighted by atomic mass is 35.5. The monoisotopic (exact) mass is 421 g/mol. The number of hydrogen-bond donors (Lipinski definition) is 2. The van der Waals surface area contributed by atoms with Gasteiger partial charge in [0.1, 0.15) is 12.4 Å². The number of hydrogen-bond acceptors (Lipinski definition) is 4. The van der Waals surface area contributed by atoms with Crippen LogP contribution >= 0.6 is 34.5 Å². The van der Waals surface area contributed by atoms with E-state index < -0.39 is 0 Å². The van der Waals surface area contributed by atoms with Gasteiger partial charge in [-0.3, -0.25) is 0 Å². The van der Waals surface area contributed by atoms with Crippen LogP contribution in [0.2, 0.25) is 10.0 Å². The van der Waals surface area contributed by atoms with E-state index in [1.54, 1.807) is 35.8 Å². The van der Waals surface area contributed by atoms with Crippen molar-refractivity contribution in [3.63, 3.8) is 0 Å². The molecule has 27 heavy (non-hydrogen) atoms. The number of benzene rings is 2. The molecule has 0 saturated carbocycles. The normalized spacial score (nSPS) is 11.7. The number of carbonyl (C=O) groups excluding carboxylic acids is 1. The van der Waals surface area contributed by atoms with Gasteiger partial charge in [-0.15, -0.1) is 11.3 Å². The standard InChI is InChI=1S/C19H17Cl2N3O2S/c1-12(17-6-5-13(20)7-18(17)21)23-19(25)24-14-3-2-4-16(8-14)26-9-15-10-27-11-22-15/h2-8,10-12H,9H2,1H3,(H2,23,24,25). The lowest BCUT2D eigenvalue weighted by atomic mass is 10.1. The number of halogens is 2. The molecule has 3 rings (SSSR count). The summed E-state index contributed by atoms with van der Waals surface area (Å²) in [7, 11) is 0. The molecule has 2 N–H and O–H groups in total. The highest BCUT2D eigenvalue weighted by Gasteiger charge is 2.13. The molecule has 1 heterocycles. The molecule has 0 spiro atoms. The van der Waals surface area contributed by atoms with E-state index in [9.17, 15) is 4.79 Å². The molecule has 2 aromatic carbocycles. The number of urea groups is 1. The van der Waals surface area contributed by atoms with Crippen molar-refractivity contribution in [3.8, 4) is 5.75 Å². The molecular formula is C19H17Cl2N3O2S. The Balaban J connectivity index is 1.57. The summed E-state index contributed by atoms with van der Waals surface area (Å²) in [6.07, 6.45) is 0. The molecule has 0 saturated heterocycles. The summed E-state index contributed by atoms with van der Waals surface area (Å²) in [4.78, 5) is 16.5. The van der Waals surface area contributed by atoms with Crippen LogP contribution < -0.4 is 15.4 Å². The van der Waals surface area contributed by atoms with Gasteiger partial charge in [0.15, 0.2) is 0 Å². The van der Waals surface area contributed by atoms with Crippen molar-refractivity contribution in [2.24, 2.45) is 0 Å². The zero-order chi connectivity index (χ0) is 19.2. The first-order valence-electron chi connectivity index (χ1n) is 8.13. The van der Waals surface area contributed by atoms with Gasteiger partial charge in [0.25, 0.3) is 0 Å². The molecule has 1 unspecified atom stereocenters. The van der Waals surface area contributed by atoms with Crippen molar-refractivity contribution in [2.45, 2.75) is 19.6 Å². The lowest BCUT2D eigenvalue weighted by Crippen LogP contribution is -2.31. The van der Waals surface area contributed by atoms with E-state index >= 15 is 0 Å². The van der Waals surface area contributed by atoms with E-state index in [-0.39, 0.29) is 12.1 Å². The van der Waals surface area contributed by atoms with Gasteiger partial charge in [0.05, 0.1) is 17.2 Å². The summed E-state index contributed by atoms with van der Waals surface area (Å²) in [5, 5.41) is 8.63. The Morgan fingerprint density at radius 1 is 1.26 bits per heavy atom. The number of ether oxygens (including phenoxy) is 1. The molecule has 1 aromatic heterocycles. The molecule has 0 bridgehead atoms. The van der Waals surface area contributed by atoms with Crippen LogP contribution in [0.3, 0.4) is 0 Å². The second kappa shape index (κ2) is 9.08. The quantitative estimate of drug-likeness (QED) is 0.519. The molecule has 3 aromatic rings. The minimum atomic E-state index is -0.342. The molecular weight excluding hydrogens is 405 g/mol. The second-order valence-electron chi connectivity index (χ2n) is 5.78. The van der Waals surface area contributed by atoms with Crippen LogP contribution in [-0.4, -0.2) is 11.0 Å². The number of carbonyl (C=O) groups is 1. The maximum absolute atomic E-state index is 12.3. The van der Waals surface area contributed by atoms with Crippen molar-refractivity contribution in [2.75, 3.05) is 5.32 Å². The summed E-state index contributed by atoms with van der Waals surface area (Å²) in [5.41, 5.74) is 4.04. The van der Waals surface area contributed by atoms with Crippen molar-refractivity contribution in [1.29, 1.82) is 0 Å². The molecule has 0 aliphatic heterocycles. The second-order valence-corrected chi connectivity index (χ2v) is 7.34. The van der Waals surface area contributed by atoms with Gasteiger partial charge >= 0.3 is 6.03 Å². The van der Waals surface area contributed by atoms with E-state index in [0.29, 0.717) is 28.1 Å². The van der Waals surface area contributed by atoms with Gasteiger partial charge in [0.2, 0.25) is 0 Å². The summed E-state index contributed by atoms with van der Waals surface area (Å²) in [5.74, 6) is 0.648. The van der Waals surface area contributed by atoms with Crippen molar-refractivity contribution < 1.29 is 9.53 Å². The average molecular weight is 422 g/mol. The molecule has 0 aliphatic rings. The summed E-state index contributed by atoms with van der Waals surface area (Å²) < 4.78 is 5.69. The lowest BCUT2D eigenvalue weighted by molar-refractivity contribution is 0.249. The Bertz CT molecular complexity index is 919. The first kappa shape index (κ1) is 19.5. The zero-order valence-electron chi connectivity index (χ0n) is 14.4. The molecule has 5 nitrogen and oxygen atoms in total. The maximum atomic E-state index is 12.3.